The van der Waals surface area contributed by atoms with Gasteiger partial charge in [-0.2, -0.15) is 0 Å². The molecule has 1 N–H and O–H groups in total. The van der Waals surface area contributed by atoms with Crippen molar-refractivity contribution in [1.29, 1.82) is 0 Å². The first-order chi connectivity index (χ1) is 16.1. The molecule has 1 heterocycles. The summed E-state index contributed by atoms with van der Waals surface area (Å²) >= 11 is 0. The Bertz CT molecular complexity index is 1120. The lowest BCUT2D eigenvalue weighted by molar-refractivity contribution is -0.117. The van der Waals surface area contributed by atoms with Crippen molar-refractivity contribution in [2.45, 2.75) is 65.8 Å². The monoisotopic (exact) mass is 486 g/mol. The van der Waals surface area contributed by atoms with Crippen LogP contribution in [0.15, 0.2) is 70.8 Å². The molecule has 2 aliphatic rings. The van der Waals surface area contributed by atoms with Gasteiger partial charge >= 0.3 is 0 Å². The third-order valence-electron chi connectivity index (χ3n) is 7.07. The van der Waals surface area contributed by atoms with Crippen molar-refractivity contribution in [1.82, 2.24) is 9.62 Å². The zero-order valence-corrected chi connectivity index (χ0v) is 21.2. The van der Waals surface area contributed by atoms with Crippen molar-refractivity contribution >= 4 is 15.9 Å². The van der Waals surface area contributed by atoms with Gasteiger partial charge in [0, 0.05) is 29.8 Å². The van der Waals surface area contributed by atoms with Gasteiger partial charge in [-0.3, -0.25) is 9.10 Å². The number of carbonyl (C=O) groups is 1. The van der Waals surface area contributed by atoms with Gasteiger partial charge in [0.2, 0.25) is 0 Å². The molecule has 1 aliphatic carbocycles. The summed E-state index contributed by atoms with van der Waals surface area (Å²) in [6, 6.07) is 5.88. The number of hydrogen-bond acceptors (Lipinski definition) is 3. The first kappa shape index (κ1) is 25.9. The van der Waals surface area contributed by atoms with Crippen molar-refractivity contribution in [3.05, 3.63) is 82.2 Å². The van der Waals surface area contributed by atoms with Gasteiger partial charge in [-0.1, -0.05) is 51.0 Å². The van der Waals surface area contributed by atoms with E-state index in [1.54, 1.807) is 25.1 Å². The van der Waals surface area contributed by atoms with Gasteiger partial charge in [0.15, 0.2) is 0 Å². The quantitative estimate of drug-likeness (QED) is 0.376. The number of carbonyl (C=O) groups excluding carboxylic acids is 1. The van der Waals surface area contributed by atoms with Crippen molar-refractivity contribution in [3.63, 3.8) is 0 Å². The van der Waals surface area contributed by atoms with E-state index in [0.717, 1.165) is 43.4 Å². The predicted octanol–water partition coefficient (Wildman–Crippen LogP) is 5.74. The zero-order valence-electron chi connectivity index (χ0n) is 20.4. The fraction of sp³-hybridized carbons (Fsp3) is 0.444. The van der Waals surface area contributed by atoms with Crippen LogP contribution in [0, 0.1) is 11.2 Å². The molecule has 5 nitrogen and oxygen atoms in total. The maximum atomic E-state index is 13.4. The van der Waals surface area contributed by atoms with Crippen molar-refractivity contribution in [2.24, 2.45) is 5.41 Å². The number of rotatable bonds is 8. The maximum Gasteiger partial charge on any atom is 0.263 e. The fourth-order valence-electron chi connectivity index (χ4n) is 5.21. The molecule has 1 spiro atoms. The second-order valence-corrected chi connectivity index (χ2v) is 11.0. The van der Waals surface area contributed by atoms with Crippen LogP contribution >= 0.6 is 0 Å². The van der Waals surface area contributed by atoms with Crippen molar-refractivity contribution in [3.8, 4) is 0 Å². The van der Waals surface area contributed by atoms with Gasteiger partial charge in [0.1, 0.15) is 5.82 Å². The Balaban J connectivity index is 1.70. The summed E-state index contributed by atoms with van der Waals surface area (Å²) in [5.74, 6) is -0.685. The molecule has 0 aromatic heterocycles. The Labute approximate surface area is 203 Å². The number of benzene rings is 1. The molecule has 1 saturated carbocycles. The van der Waals surface area contributed by atoms with Crippen molar-refractivity contribution < 1.29 is 17.6 Å². The number of halogens is 1. The minimum Gasteiger partial charge on any atom is -0.348 e. The molecule has 1 aromatic carbocycles. The number of nitrogens with zero attached hydrogens (tertiary/aromatic N) is 1. The second kappa shape index (κ2) is 10.7. The van der Waals surface area contributed by atoms with E-state index >= 15 is 0 Å². The van der Waals surface area contributed by atoms with E-state index in [1.165, 1.54) is 40.6 Å². The van der Waals surface area contributed by atoms with E-state index in [9.17, 15) is 17.6 Å². The minimum atomic E-state index is -3.80. The molecule has 1 amide bonds. The Morgan fingerprint density at radius 1 is 1.18 bits per heavy atom. The summed E-state index contributed by atoms with van der Waals surface area (Å²) in [6.45, 7) is 10.3. The average molecular weight is 487 g/mol. The molecule has 34 heavy (non-hydrogen) atoms. The van der Waals surface area contributed by atoms with Gasteiger partial charge in [0.05, 0.1) is 4.91 Å². The maximum absolute atomic E-state index is 13.4. The predicted molar refractivity (Wildman–Crippen MR) is 134 cm³/mol. The first-order valence-corrected chi connectivity index (χ1v) is 13.4. The van der Waals surface area contributed by atoms with Gasteiger partial charge < -0.3 is 5.32 Å². The van der Waals surface area contributed by atoms with E-state index < -0.39 is 10.0 Å². The van der Waals surface area contributed by atoms with E-state index in [1.807, 2.05) is 6.92 Å². The van der Waals surface area contributed by atoms with E-state index in [-0.39, 0.29) is 28.6 Å². The van der Waals surface area contributed by atoms with E-state index in [4.69, 9.17) is 0 Å². The number of allylic oxidation sites excluding steroid dienone is 3. The molecule has 0 saturated heterocycles. The van der Waals surface area contributed by atoms with Crippen molar-refractivity contribution in [2.75, 3.05) is 6.54 Å². The highest BCUT2D eigenvalue weighted by atomic mass is 32.2. The SMILES string of the molecule is C=C(/C=C\C(=C/C)C(=O)NCc1ccc(F)cc1)S(=O)(=O)N1CC2(CCCCC2)C(CC)=C1C. The number of amides is 1. The Morgan fingerprint density at radius 3 is 2.41 bits per heavy atom. The second-order valence-electron chi connectivity index (χ2n) is 9.12. The molecule has 1 fully saturated rings. The summed E-state index contributed by atoms with van der Waals surface area (Å²) in [6.07, 6.45) is 10.8. The summed E-state index contributed by atoms with van der Waals surface area (Å²) in [5, 5.41) is 2.77. The first-order valence-electron chi connectivity index (χ1n) is 11.9. The van der Waals surface area contributed by atoms with Crippen LogP contribution in [0.3, 0.4) is 0 Å². The highest BCUT2D eigenvalue weighted by Gasteiger charge is 2.46. The van der Waals surface area contributed by atoms with Gasteiger partial charge in [-0.05, 0) is 68.5 Å². The van der Waals surface area contributed by atoms with Crippen LogP contribution in [0.5, 0.6) is 0 Å². The third kappa shape index (κ3) is 5.35. The Hall–Kier alpha value is -2.67. The van der Waals surface area contributed by atoms with Crippen LogP contribution in [0.2, 0.25) is 0 Å². The molecule has 0 atom stereocenters. The van der Waals surface area contributed by atoms with Crippen LogP contribution in [-0.4, -0.2) is 25.2 Å². The molecule has 3 rings (SSSR count). The topological polar surface area (TPSA) is 66.5 Å². The highest BCUT2D eigenvalue weighted by Crippen LogP contribution is 2.51. The molecule has 184 valence electrons. The van der Waals surface area contributed by atoms with Crippen LogP contribution in [-0.2, 0) is 21.4 Å². The fourth-order valence-corrected chi connectivity index (χ4v) is 6.62. The molecule has 7 heteroatoms. The lowest BCUT2D eigenvalue weighted by Crippen LogP contribution is -2.35. The summed E-state index contributed by atoms with van der Waals surface area (Å²) < 4.78 is 41.4. The molecule has 0 radical (unpaired) electrons. The largest absolute Gasteiger partial charge is 0.348 e. The molecular formula is C27H35FN2O3S. The summed E-state index contributed by atoms with van der Waals surface area (Å²) in [4.78, 5) is 12.5. The van der Waals surface area contributed by atoms with Crippen LogP contribution < -0.4 is 5.32 Å². The standard InChI is InChI=1S/C27H35FN2O3S/c1-5-23(26(31)29-18-22-11-14-24(28)15-12-22)13-10-20(3)34(32,33)30-19-27(16-8-7-9-17-27)25(6-2)21(30)4/h5,10-15H,3,6-9,16-19H2,1-2,4H3,(H,29,31)/b13-10-,23-5+. The van der Waals surface area contributed by atoms with E-state index in [0.29, 0.717) is 12.1 Å². The lowest BCUT2D eigenvalue weighted by Gasteiger charge is -2.36. The number of hydrogen-bond donors (Lipinski definition) is 1. The summed E-state index contributed by atoms with van der Waals surface area (Å²) in [7, 11) is -3.80. The van der Waals surface area contributed by atoms with Crippen LogP contribution in [0.4, 0.5) is 4.39 Å². The van der Waals surface area contributed by atoms with Crippen LogP contribution in [0.1, 0.15) is 64.9 Å². The molecule has 0 bridgehead atoms. The number of sulfonamides is 1. The van der Waals surface area contributed by atoms with Gasteiger partial charge in [0.25, 0.3) is 15.9 Å². The molecule has 1 aromatic rings. The van der Waals surface area contributed by atoms with Crippen LogP contribution in [0.25, 0.3) is 0 Å². The highest BCUT2D eigenvalue weighted by molar-refractivity contribution is 7.93. The Kier molecular flexibility index (Phi) is 8.18. The minimum absolute atomic E-state index is 0.0409. The van der Waals surface area contributed by atoms with Gasteiger partial charge in [-0.15, -0.1) is 0 Å². The smallest absolute Gasteiger partial charge is 0.263 e. The lowest BCUT2D eigenvalue weighted by atomic mass is 9.69. The molecule has 0 unspecified atom stereocenters. The Morgan fingerprint density at radius 2 is 1.82 bits per heavy atom. The van der Waals surface area contributed by atoms with E-state index in [2.05, 4.69) is 18.8 Å². The normalized spacial score (nSPS) is 18.7. The molecular weight excluding hydrogens is 451 g/mol. The van der Waals surface area contributed by atoms with Gasteiger partial charge in [-0.25, -0.2) is 12.8 Å². The zero-order chi connectivity index (χ0) is 24.9. The summed E-state index contributed by atoms with van der Waals surface area (Å²) in [5.41, 5.74) is 3.11. The molecule has 1 aliphatic heterocycles. The third-order valence-corrected chi connectivity index (χ3v) is 8.85. The number of nitrogens with one attached hydrogen (secondary N) is 1. The average Bonchev–Trinajstić information content (AvgIpc) is 3.10.